The third-order valence-corrected chi connectivity index (χ3v) is 5.49. The van der Waals surface area contributed by atoms with Crippen LogP contribution < -0.4 is 11.1 Å². The highest BCUT2D eigenvalue weighted by Gasteiger charge is 2.12. The van der Waals surface area contributed by atoms with Crippen molar-refractivity contribution in [3.05, 3.63) is 70.2 Å². The maximum absolute atomic E-state index is 12.3. The number of amides is 1. The molecule has 1 amide bonds. The van der Waals surface area contributed by atoms with E-state index in [0.717, 1.165) is 12.1 Å². The van der Waals surface area contributed by atoms with Crippen molar-refractivity contribution in [3.8, 4) is 0 Å². The summed E-state index contributed by atoms with van der Waals surface area (Å²) < 4.78 is 6.53. The predicted octanol–water partition coefficient (Wildman–Crippen LogP) is 3.29. The average molecular weight is 393 g/mol. The summed E-state index contributed by atoms with van der Waals surface area (Å²) in [6.07, 6.45) is 5.27. The van der Waals surface area contributed by atoms with E-state index in [-0.39, 0.29) is 12.5 Å². The number of aromatic nitrogens is 1. The number of hydrogen-bond donors (Lipinski definition) is 1. The summed E-state index contributed by atoms with van der Waals surface area (Å²) in [6.45, 7) is 3.74. The Morgan fingerprint density at radius 1 is 0.931 bits per heavy atom. The molecule has 152 valence electrons. The molecule has 6 heteroatoms. The van der Waals surface area contributed by atoms with Crippen molar-refractivity contribution in [2.24, 2.45) is 0 Å². The van der Waals surface area contributed by atoms with Crippen LogP contribution in [0.2, 0.25) is 0 Å². The van der Waals surface area contributed by atoms with Crippen molar-refractivity contribution >= 4 is 17.0 Å². The number of oxazole rings is 1. The lowest BCUT2D eigenvalue weighted by Gasteiger charge is -2.19. The molecule has 4 rings (SSSR count). The first-order valence-electron chi connectivity index (χ1n) is 10.3. The minimum Gasteiger partial charge on any atom is -0.408 e. The van der Waals surface area contributed by atoms with Crippen LogP contribution in [0.25, 0.3) is 11.1 Å². The monoisotopic (exact) mass is 393 g/mol. The van der Waals surface area contributed by atoms with Gasteiger partial charge in [0.1, 0.15) is 6.54 Å². The van der Waals surface area contributed by atoms with Gasteiger partial charge in [-0.2, -0.15) is 0 Å². The Bertz CT molecular complexity index is 1010. The first kappa shape index (κ1) is 19.5. The minimum absolute atomic E-state index is 0.0527. The number of carbonyl (C=O) groups is 1. The number of fused-ring (bicyclic) bond motifs is 1. The van der Waals surface area contributed by atoms with Crippen LogP contribution in [0.4, 0.5) is 0 Å². The number of nitrogens with one attached hydrogen (secondary N) is 1. The molecule has 0 atom stereocenters. The topological polar surface area (TPSA) is 67.5 Å². The summed E-state index contributed by atoms with van der Waals surface area (Å²) >= 11 is 0. The second-order valence-electron chi connectivity index (χ2n) is 7.71. The van der Waals surface area contributed by atoms with Gasteiger partial charge in [-0.25, -0.2) is 4.79 Å². The van der Waals surface area contributed by atoms with Gasteiger partial charge in [0, 0.05) is 13.1 Å². The van der Waals surface area contributed by atoms with Crippen LogP contribution in [0.3, 0.4) is 0 Å². The Kier molecular flexibility index (Phi) is 6.10. The van der Waals surface area contributed by atoms with Crippen molar-refractivity contribution in [1.29, 1.82) is 0 Å². The molecule has 0 unspecified atom stereocenters. The van der Waals surface area contributed by atoms with Crippen LogP contribution in [0.1, 0.15) is 36.8 Å². The molecule has 1 aliphatic heterocycles. The van der Waals surface area contributed by atoms with Gasteiger partial charge >= 0.3 is 5.76 Å². The Balaban J connectivity index is 1.31. The van der Waals surface area contributed by atoms with Gasteiger partial charge in [-0.05, 0) is 49.2 Å². The zero-order chi connectivity index (χ0) is 20.1. The maximum atomic E-state index is 12.3. The molecule has 0 bridgehead atoms. The summed E-state index contributed by atoms with van der Waals surface area (Å²) in [5.41, 5.74) is 3.47. The third-order valence-electron chi connectivity index (χ3n) is 5.49. The quantitative estimate of drug-likeness (QED) is 0.698. The van der Waals surface area contributed by atoms with Crippen LogP contribution in [0.15, 0.2) is 57.7 Å². The van der Waals surface area contributed by atoms with E-state index in [0.29, 0.717) is 17.6 Å². The smallest absolute Gasteiger partial charge is 0.408 e. The molecule has 1 aliphatic rings. The van der Waals surface area contributed by atoms with Crippen molar-refractivity contribution in [2.75, 3.05) is 13.1 Å². The average Bonchev–Trinajstić information content (AvgIpc) is 2.89. The number of likely N-dealkylation sites (tertiary alicyclic amines) is 1. The van der Waals surface area contributed by atoms with E-state index in [1.54, 1.807) is 18.2 Å². The molecule has 2 aromatic carbocycles. The van der Waals surface area contributed by atoms with E-state index >= 15 is 0 Å². The summed E-state index contributed by atoms with van der Waals surface area (Å²) in [5, 5.41) is 2.89. The SMILES string of the molecule is O=C(Cn1c(=O)oc2ccccc21)NCc1ccc(CN2CCCCCC2)cc1. The molecule has 2 heterocycles. The number of hydrogen-bond acceptors (Lipinski definition) is 4. The number of rotatable bonds is 6. The fourth-order valence-corrected chi connectivity index (χ4v) is 3.88. The van der Waals surface area contributed by atoms with Gasteiger partial charge < -0.3 is 9.73 Å². The van der Waals surface area contributed by atoms with Crippen molar-refractivity contribution in [1.82, 2.24) is 14.8 Å². The van der Waals surface area contributed by atoms with E-state index in [2.05, 4.69) is 34.5 Å². The third kappa shape index (κ3) is 4.95. The lowest BCUT2D eigenvalue weighted by molar-refractivity contribution is -0.121. The second kappa shape index (κ2) is 9.09. The van der Waals surface area contributed by atoms with E-state index in [1.165, 1.54) is 48.9 Å². The van der Waals surface area contributed by atoms with E-state index in [1.807, 2.05) is 6.07 Å². The molecule has 3 aromatic rings. The van der Waals surface area contributed by atoms with Crippen molar-refractivity contribution in [2.45, 2.75) is 45.3 Å². The van der Waals surface area contributed by atoms with Gasteiger partial charge in [-0.3, -0.25) is 14.3 Å². The minimum atomic E-state index is -0.515. The number of carbonyl (C=O) groups excluding carboxylic acids is 1. The molecule has 0 aliphatic carbocycles. The summed E-state index contributed by atoms with van der Waals surface area (Å²) in [5.74, 6) is -0.730. The van der Waals surface area contributed by atoms with Gasteiger partial charge in [-0.1, -0.05) is 49.2 Å². The van der Waals surface area contributed by atoms with Crippen LogP contribution >= 0.6 is 0 Å². The van der Waals surface area contributed by atoms with E-state index < -0.39 is 5.76 Å². The predicted molar refractivity (Wildman–Crippen MR) is 113 cm³/mol. The fraction of sp³-hybridized carbons (Fsp3) is 0.391. The highest BCUT2D eigenvalue weighted by atomic mass is 16.4. The van der Waals surface area contributed by atoms with E-state index in [9.17, 15) is 9.59 Å². The van der Waals surface area contributed by atoms with Crippen LogP contribution in [-0.4, -0.2) is 28.5 Å². The molecule has 1 aromatic heterocycles. The van der Waals surface area contributed by atoms with Gasteiger partial charge in [0.25, 0.3) is 0 Å². The molecular weight excluding hydrogens is 366 g/mol. The lowest BCUT2D eigenvalue weighted by atomic mass is 10.1. The fourth-order valence-electron chi connectivity index (χ4n) is 3.88. The van der Waals surface area contributed by atoms with Crippen LogP contribution in [0.5, 0.6) is 0 Å². The van der Waals surface area contributed by atoms with E-state index in [4.69, 9.17) is 4.42 Å². The Hall–Kier alpha value is -2.86. The van der Waals surface area contributed by atoms with Gasteiger partial charge in [0.2, 0.25) is 5.91 Å². The standard InChI is InChI=1S/C23H27N3O3/c27-22(17-26-20-7-3-4-8-21(20)29-23(26)28)24-15-18-9-11-19(12-10-18)16-25-13-5-1-2-6-14-25/h3-4,7-12H,1-2,5-6,13-17H2,(H,24,27). The zero-order valence-corrected chi connectivity index (χ0v) is 16.6. The Labute approximate surface area is 170 Å². The lowest BCUT2D eigenvalue weighted by Crippen LogP contribution is -2.30. The highest BCUT2D eigenvalue weighted by molar-refractivity contribution is 5.79. The van der Waals surface area contributed by atoms with Gasteiger partial charge in [-0.15, -0.1) is 0 Å². The highest BCUT2D eigenvalue weighted by Crippen LogP contribution is 2.14. The zero-order valence-electron chi connectivity index (χ0n) is 16.6. The van der Waals surface area contributed by atoms with Crippen molar-refractivity contribution in [3.63, 3.8) is 0 Å². The van der Waals surface area contributed by atoms with Gasteiger partial charge in [0.15, 0.2) is 5.58 Å². The second-order valence-corrected chi connectivity index (χ2v) is 7.71. The summed E-state index contributed by atoms with van der Waals surface area (Å²) in [6, 6.07) is 15.5. The van der Waals surface area contributed by atoms with Crippen LogP contribution in [-0.2, 0) is 24.4 Å². The molecule has 0 radical (unpaired) electrons. The molecule has 1 N–H and O–H groups in total. The molecule has 0 saturated carbocycles. The molecule has 0 spiro atoms. The number of nitrogens with zero attached hydrogens (tertiary/aromatic N) is 2. The van der Waals surface area contributed by atoms with Crippen LogP contribution in [0, 0.1) is 0 Å². The number of benzene rings is 2. The first-order valence-corrected chi connectivity index (χ1v) is 10.3. The molecular formula is C23H27N3O3. The molecule has 6 nitrogen and oxygen atoms in total. The van der Waals surface area contributed by atoms with Crippen molar-refractivity contribution < 1.29 is 9.21 Å². The number of para-hydroxylation sites is 2. The Morgan fingerprint density at radius 2 is 1.62 bits per heavy atom. The summed E-state index contributed by atoms with van der Waals surface area (Å²) in [7, 11) is 0. The van der Waals surface area contributed by atoms with Gasteiger partial charge in [0.05, 0.1) is 5.52 Å². The molecule has 29 heavy (non-hydrogen) atoms. The Morgan fingerprint density at radius 3 is 2.38 bits per heavy atom. The first-order chi connectivity index (χ1) is 14.2. The maximum Gasteiger partial charge on any atom is 0.420 e. The molecule has 1 saturated heterocycles. The molecule has 1 fully saturated rings. The normalized spacial score (nSPS) is 15.3. The largest absolute Gasteiger partial charge is 0.420 e. The summed E-state index contributed by atoms with van der Waals surface area (Å²) in [4.78, 5) is 26.8.